The Balaban J connectivity index is 1.78. The van der Waals surface area contributed by atoms with Gasteiger partial charge >= 0.3 is 8.18 Å². The lowest BCUT2D eigenvalue weighted by Gasteiger charge is -2.33. The van der Waals surface area contributed by atoms with Gasteiger partial charge in [0.1, 0.15) is 6.61 Å². The molecule has 0 saturated carbocycles. The minimum Gasteiger partial charge on any atom is -0.394 e. The lowest BCUT2D eigenvalue weighted by molar-refractivity contribution is -0.0896. The summed E-state index contributed by atoms with van der Waals surface area (Å²) in [6, 6.07) is 0. The summed E-state index contributed by atoms with van der Waals surface area (Å²) in [6.07, 6.45) is -0.244. The van der Waals surface area contributed by atoms with Crippen molar-refractivity contribution in [1.82, 2.24) is 9.57 Å². The number of hydrogen-bond acceptors (Lipinski definition) is 6. The molecule has 2 aliphatic rings. The third kappa shape index (κ3) is 5.21. The van der Waals surface area contributed by atoms with Gasteiger partial charge in [-0.15, -0.1) is 4.52 Å². The number of aliphatic hydroxyl groups is 1. The zero-order chi connectivity index (χ0) is 15.4. The van der Waals surface area contributed by atoms with Crippen LogP contribution in [-0.4, -0.2) is 85.5 Å². The van der Waals surface area contributed by atoms with Gasteiger partial charge in [-0.1, -0.05) is 4.67 Å². The Morgan fingerprint density at radius 1 is 1.14 bits per heavy atom. The molecule has 0 amide bonds. The maximum Gasteiger partial charge on any atom is 0.616 e. The first-order valence-corrected chi connectivity index (χ1v) is 8.56. The predicted octanol–water partition coefficient (Wildman–Crippen LogP) is 0.461. The molecule has 0 aromatic rings. The number of likely N-dealkylation sites (N-methyl/N-ethyl adjacent to an activating group) is 1. The van der Waals surface area contributed by atoms with E-state index in [1.54, 1.807) is 4.67 Å². The maximum atomic E-state index is 12.3. The van der Waals surface area contributed by atoms with Crippen molar-refractivity contribution >= 4 is 8.18 Å². The number of nitrogens with zero attached hydrogens (tertiary/aromatic N) is 2. The summed E-state index contributed by atoms with van der Waals surface area (Å²) in [5.74, 6) is 0. The van der Waals surface area contributed by atoms with Crippen LogP contribution in [0.2, 0.25) is 0 Å². The average Bonchev–Trinajstić information content (AvgIpc) is 2.43. The zero-order valence-electron chi connectivity index (χ0n) is 13.0. The number of ether oxygens (including phenoxy) is 2. The fraction of sp³-hybridized carbons (Fsp3) is 1.00. The van der Waals surface area contributed by atoms with E-state index in [9.17, 15) is 9.67 Å². The molecule has 2 aliphatic heterocycles. The van der Waals surface area contributed by atoms with Crippen LogP contribution in [0.3, 0.4) is 0 Å². The molecule has 2 heterocycles. The Bertz CT molecular complexity index is 349. The molecule has 7 nitrogen and oxygen atoms in total. The van der Waals surface area contributed by atoms with Crippen LogP contribution in [0.4, 0.5) is 0 Å². The average molecular weight is 321 g/mol. The summed E-state index contributed by atoms with van der Waals surface area (Å²) in [7, 11) is 0.126. The van der Waals surface area contributed by atoms with E-state index in [1.165, 1.54) is 0 Å². The molecule has 2 rings (SSSR count). The van der Waals surface area contributed by atoms with Crippen molar-refractivity contribution in [3.05, 3.63) is 0 Å². The molecule has 2 fully saturated rings. The van der Waals surface area contributed by atoms with Gasteiger partial charge in [0, 0.05) is 13.1 Å². The maximum absolute atomic E-state index is 12.3. The van der Waals surface area contributed by atoms with E-state index in [4.69, 9.17) is 14.0 Å². The standard InChI is InChI=1S/C13H26N2O5P/c1-10-4-14(3)6-13(20-10)9-18-21(17)15-5-11(2)19-12(7-15)8-16/h10-13,16H,4-9H2,1-3H3/q+1. The second-order valence-electron chi connectivity index (χ2n) is 5.95. The molecule has 0 spiro atoms. The third-order valence-corrected chi connectivity index (χ3v) is 4.78. The van der Waals surface area contributed by atoms with Crippen LogP contribution >= 0.6 is 8.18 Å². The van der Waals surface area contributed by atoms with Crippen LogP contribution in [0.5, 0.6) is 0 Å². The highest BCUT2D eigenvalue weighted by Crippen LogP contribution is 2.32. The Morgan fingerprint density at radius 2 is 1.81 bits per heavy atom. The summed E-state index contributed by atoms with van der Waals surface area (Å²) in [5, 5.41) is 9.19. The van der Waals surface area contributed by atoms with E-state index in [-0.39, 0.29) is 31.0 Å². The van der Waals surface area contributed by atoms with E-state index < -0.39 is 8.18 Å². The largest absolute Gasteiger partial charge is 0.616 e. The lowest BCUT2D eigenvalue weighted by Crippen LogP contribution is -2.47. The molecule has 21 heavy (non-hydrogen) atoms. The SMILES string of the molecule is CC1CN(C)CC(CO[P+](=O)N2CC(C)OC(CO)C2)O1. The number of rotatable bonds is 5. The summed E-state index contributed by atoms with van der Waals surface area (Å²) in [4.78, 5) is 2.19. The summed E-state index contributed by atoms with van der Waals surface area (Å²) < 4.78 is 30.8. The minimum atomic E-state index is -1.92. The van der Waals surface area contributed by atoms with Crippen molar-refractivity contribution in [1.29, 1.82) is 0 Å². The van der Waals surface area contributed by atoms with Crippen molar-refractivity contribution in [2.45, 2.75) is 38.3 Å². The third-order valence-electron chi connectivity index (χ3n) is 3.62. The van der Waals surface area contributed by atoms with Crippen molar-refractivity contribution < 1.29 is 23.7 Å². The Labute approximate surface area is 127 Å². The minimum absolute atomic E-state index is 0.0511. The van der Waals surface area contributed by atoms with Crippen LogP contribution in [-0.2, 0) is 18.6 Å². The molecule has 0 radical (unpaired) electrons. The smallest absolute Gasteiger partial charge is 0.394 e. The predicted molar refractivity (Wildman–Crippen MR) is 78.4 cm³/mol. The van der Waals surface area contributed by atoms with Gasteiger partial charge in [0.05, 0.1) is 44.1 Å². The van der Waals surface area contributed by atoms with E-state index in [0.29, 0.717) is 19.7 Å². The van der Waals surface area contributed by atoms with E-state index in [0.717, 1.165) is 13.1 Å². The molecule has 8 heteroatoms. The van der Waals surface area contributed by atoms with Crippen LogP contribution in [0, 0.1) is 0 Å². The van der Waals surface area contributed by atoms with Crippen molar-refractivity contribution in [3.63, 3.8) is 0 Å². The summed E-state index contributed by atoms with van der Waals surface area (Å²) in [6.45, 7) is 6.84. The monoisotopic (exact) mass is 321 g/mol. The van der Waals surface area contributed by atoms with Gasteiger partial charge in [-0.2, -0.15) is 0 Å². The topological polar surface area (TPSA) is 71.5 Å². The highest BCUT2D eigenvalue weighted by atomic mass is 31.1. The molecule has 0 aliphatic carbocycles. The van der Waals surface area contributed by atoms with Crippen molar-refractivity contribution in [3.8, 4) is 0 Å². The highest BCUT2D eigenvalue weighted by Gasteiger charge is 2.39. The summed E-state index contributed by atoms with van der Waals surface area (Å²) in [5.41, 5.74) is 0. The van der Waals surface area contributed by atoms with Crippen LogP contribution in [0.25, 0.3) is 0 Å². The van der Waals surface area contributed by atoms with Crippen LogP contribution in [0.1, 0.15) is 13.8 Å². The molecule has 0 bridgehead atoms. The Morgan fingerprint density at radius 3 is 2.48 bits per heavy atom. The van der Waals surface area contributed by atoms with Gasteiger partial charge in [-0.3, -0.25) is 0 Å². The second-order valence-corrected chi connectivity index (χ2v) is 7.25. The first-order chi connectivity index (χ1) is 9.97. The zero-order valence-corrected chi connectivity index (χ0v) is 13.9. The number of morpholine rings is 2. The van der Waals surface area contributed by atoms with Crippen molar-refractivity contribution in [2.24, 2.45) is 0 Å². The molecule has 1 N–H and O–H groups in total. The molecule has 0 aromatic heterocycles. The second kappa shape index (κ2) is 7.92. The van der Waals surface area contributed by atoms with Crippen LogP contribution < -0.4 is 0 Å². The van der Waals surface area contributed by atoms with Crippen molar-refractivity contribution in [2.75, 3.05) is 46.4 Å². The van der Waals surface area contributed by atoms with Gasteiger partial charge in [0.25, 0.3) is 0 Å². The van der Waals surface area contributed by atoms with Gasteiger partial charge in [-0.25, -0.2) is 0 Å². The Kier molecular flexibility index (Phi) is 6.50. The molecular weight excluding hydrogens is 295 g/mol. The molecule has 5 unspecified atom stereocenters. The molecular formula is C13H26N2O5P+. The van der Waals surface area contributed by atoms with Gasteiger partial charge in [0.2, 0.25) is 0 Å². The van der Waals surface area contributed by atoms with Gasteiger partial charge in [-0.05, 0) is 25.5 Å². The molecule has 2 saturated heterocycles. The number of hydrogen-bond donors (Lipinski definition) is 1. The van der Waals surface area contributed by atoms with E-state index >= 15 is 0 Å². The lowest BCUT2D eigenvalue weighted by atomic mass is 10.2. The van der Waals surface area contributed by atoms with E-state index in [2.05, 4.69) is 4.90 Å². The molecule has 0 aromatic carbocycles. The van der Waals surface area contributed by atoms with Gasteiger partial charge < -0.3 is 19.5 Å². The van der Waals surface area contributed by atoms with Gasteiger partial charge in [0.15, 0.2) is 0 Å². The molecule has 5 atom stereocenters. The Hall–Kier alpha value is -0.140. The summed E-state index contributed by atoms with van der Waals surface area (Å²) >= 11 is 0. The quantitative estimate of drug-likeness (QED) is 0.738. The van der Waals surface area contributed by atoms with Crippen LogP contribution in [0.15, 0.2) is 0 Å². The fourth-order valence-electron chi connectivity index (χ4n) is 2.85. The fourth-order valence-corrected chi connectivity index (χ4v) is 3.99. The molecule has 122 valence electrons. The number of aliphatic hydroxyl groups excluding tert-OH is 1. The van der Waals surface area contributed by atoms with E-state index in [1.807, 2.05) is 20.9 Å². The first-order valence-electron chi connectivity index (χ1n) is 7.43. The first kappa shape index (κ1) is 17.2. The normalized spacial score (nSPS) is 36.7. The highest BCUT2D eigenvalue weighted by molar-refractivity contribution is 7.36.